The van der Waals surface area contributed by atoms with Gasteiger partial charge in [0, 0.05) is 0 Å². The minimum Gasteiger partial charge on any atom is -0.301 e. The van der Waals surface area contributed by atoms with Crippen LogP contribution in [0.15, 0.2) is 18.2 Å². The number of nitrogens with one attached hydrogen (secondary N) is 4. The van der Waals surface area contributed by atoms with E-state index in [0.717, 1.165) is 61.7 Å². The maximum Gasteiger partial charge on any atom is 0.0735 e. The van der Waals surface area contributed by atoms with Crippen LogP contribution in [0.3, 0.4) is 0 Å². The van der Waals surface area contributed by atoms with E-state index in [1.807, 2.05) is 0 Å². The van der Waals surface area contributed by atoms with Crippen LogP contribution in [0.2, 0.25) is 0 Å². The fourth-order valence-corrected chi connectivity index (χ4v) is 19.7. The molecule has 254 valence electrons. The van der Waals surface area contributed by atoms with Gasteiger partial charge in [0.05, 0.1) is 17.5 Å². The van der Waals surface area contributed by atoms with Crippen molar-refractivity contribution in [2.45, 2.75) is 150 Å². The van der Waals surface area contributed by atoms with E-state index in [9.17, 15) is 0 Å². The SMILES string of the molecule is CC(C)(C)c1ccc(CP(C23CC4CC(CC(C4)C2)C3)C23CC4CC(CC(C4)C2)C3)c(C(P)(C2NCCCN2)C2NCCCN2)c1. The molecule has 1 aromatic rings. The van der Waals surface area contributed by atoms with Crippen molar-refractivity contribution in [2.24, 2.45) is 35.5 Å². The maximum atomic E-state index is 4.00. The second kappa shape index (κ2) is 11.7. The second-order valence-corrected chi connectivity index (χ2v) is 23.3. The van der Waals surface area contributed by atoms with Crippen molar-refractivity contribution in [3.05, 3.63) is 34.9 Å². The first-order valence-corrected chi connectivity index (χ1v) is 21.9. The highest BCUT2D eigenvalue weighted by Gasteiger charge is 2.62. The molecule has 0 aromatic heterocycles. The molecule has 1 atom stereocenters. The van der Waals surface area contributed by atoms with Crippen LogP contribution >= 0.6 is 17.2 Å². The van der Waals surface area contributed by atoms with Crippen LogP contribution in [0.5, 0.6) is 0 Å². The van der Waals surface area contributed by atoms with Gasteiger partial charge in [-0.15, -0.1) is 9.24 Å². The van der Waals surface area contributed by atoms with Crippen LogP contribution in [0.4, 0.5) is 0 Å². The summed E-state index contributed by atoms with van der Waals surface area (Å²) in [6, 6.07) is 7.93. The molecule has 1 aromatic carbocycles. The molecule has 8 aliphatic carbocycles. The molecule has 2 saturated heterocycles. The van der Waals surface area contributed by atoms with Gasteiger partial charge in [-0.25, -0.2) is 0 Å². The number of benzene rings is 1. The zero-order chi connectivity index (χ0) is 31.3. The van der Waals surface area contributed by atoms with Crippen LogP contribution in [0.25, 0.3) is 0 Å². The van der Waals surface area contributed by atoms with E-state index in [-0.39, 0.29) is 30.8 Å². The fraction of sp³-hybridized carbons (Fsp3) is 0.850. The quantitative estimate of drug-likeness (QED) is 0.225. The summed E-state index contributed by atoms with van der Waals surface area (Å²) in [6.07, 6.45) is 23.2. The standard InChI is InChI=1S/C40H64N4P2/c1-37(2,3)33-7-6-32(34(18-33)40(45,35-41-8-4-9-42-35)36-43-10-5-11-44-36)25-46(38-19-26-12-27(20-38)14-28(13-26)21-38)39-22-29-15-30(23-39)17-31(16-29)24-39/h6-7,18,26-31,35-36,41-44H,4-5,8-17,19-25,45H2,1-3H3. The number of hydrogen-bond acceptors (Lipinski definition) is 4. The third-order valence-corrected chi connectivity index (χ3v) is 20.0. The molecule has 0 amide bonds. The van der Waals surface area contributed by atoms with Crippen molar-refractivity contribution >= 4 is 17.2 Å². The molecule has 4 nitrogen and oxygen atoms in total. The molecule has 8 saturated carbocycles. The summed E-state index contributed by atoms with van der Waals surface area (Å²) in [5.74, 6) is 6.25. The van der Waals surface area contributed by atoms with Crippen LogP contribution in [-0.2, 0) is 16.7 Å². The summed E-state index contributed by atoms with van der Waals surface area (Å²) in [4.78, 5) is 0. The highest BCUT2D eigenvalue weighted by atomic mass is 31.1. The third kappa shape index (κ3) is 5.35. The third-order valence-electron chi connectivity index (χ3n) is 15.0. The van der Waals surface area contributed by atoms with Gasteiger partial charge in [-0.2, -0.15) is 0 Å². The first kappa shape index (κ1) is 31.9. The smallest absolute Gasteiger partial charge is 0.0735 e. The second-order valence-electron chi connectivity index (χ2n) is 19.3. The molecule has 0 radical (unpaired) electrons. The number of hydrogen-bond donors (Lipinski definition) is 4. The molecule has 2 heterocycles. The molecular weight excluding hydrogens is 598 g/mol. The molecule has 46 heavy (non-hydrogen) atoms. The Morgan fingerprint density at radius 3 is 1.41 bits per heavy atom. The van der Waals surface area contributed by atoms with Gasteiger partial charge in [-0.05, 0) is 190 Å². The summed E-state index contributed by atoms with van der Waals surface area (Å²) in [6.45, 7) is 11.7. The Morgan fingerprint density at radius 1 is 0.652 bits per heavy atom. The summed E-state index contributed by atoms with van der Waals surface area (Å²) in [5.41, 5.74) is 4.96. The lowest BCUT2D eigenvalue weighted by Crippen LogP contribution is -2.69. The molecule has 10 fully saturated rings. The van der Waals surface area contributed by atoms with Gasteiger partial charge in [0.25, 0.3) is 0 Å². The molecule has 4 N–H and O–H groups in total. The molecule has 1 unspecified atom stereocenters. The zero-order valence-electron chi connectivity index (χ0n) is 29.3. The largest absolute Gasteiger partial charge is 0.301 e. The van der Waals surface area contributed by atoms with Crippen molar-refractivity contribution < 1.29 is 0 Å². The minimum absolute atomic E-state index is 0.112. The van der Waals surface area contributed by atoms with Gasteiger partial charge >= 0.3 is 0 Å². The Hall–Kier alpha value is -0.0800. The highest BCUT2D eigenvalue weighted by molar-refractivity contribution is 7.60. The van der Waals surface area contributed by atoms with Crippen LogP contribution in [-0.4, -0.2) is 48.8 Å². The lowest BCUT2D eigenvalue weighted by molar-refractivity contribution is 0.0184. The topological polar surface area (TPSA) is 48.1 Å². The monoisotopic (exact) mass is 662 g/mol. The maximum absolute atomic E-state index is 4.00. The highest BCUT2D eigenvalue weighted by Crippen LogP contribution is 2.79. The molecule has 8 bridgehead atoms. The Bertz CT molecular complexity index is 1160. The Labute approximate surface area is 284 Å². The lowest BCUT2D eigenvalue weighted by Gasteiger charge is -2.67. The Kier molecular flexibility index (Phi) is 8.13. The minimum atomic E-state index is -0.165. The van der Waals surface area contributed by atoms with Crippen molar-refractivity contribution in [2.75, 3.05) is 26.2 Å². The van der Waals surface area contributed by atoms with Crippen molar-refractivity contribution in [3.63, 3.8) is 0 Å². The zero-order valence-corrected chi connectivity index (χ0v) is 31.4. The van der Waals surface area contributed by atoms with E-state index in [0.29, 0.717) is 10.3 Å². The normalized spacial score (nSPS) is 41.7. The lowest BCUT2D eigenvalue weighted by atomic mass is 9.55. The molecule has 10 aliphatic rings. The molecule has 11 rings (SSSR count). The van der Waals surface area contributed by atoms with Gasteiger partial charge in [0.2, 0.25) is 0 Å². The fourth-order valence-electron chi connectivity index (χ4n) is 13.8. The Balaban J connectivity index is 1.18. The van der Waals surface area contributed by atoms with Crippen molar-refractivity contribution in [1.29, 1.82) is 0 Å². The van der Waals surface area contributed by atoms with Crippen LogP contribution < -0.4 is 21.3 Å². The summed E-state index contributed by atoms with van der Waals surface area (Å²) in [5, 5.41) is 17.2. The first-order valence-electron chi connectivity index (χ1n) is 19.8. The molecular formula is C40H64N4P2. The van der Waals surface area contributed by atoms with Gasteiger partial charge in [0.1, 0.15) is 0 Å². The van der Waals surface area contributed by atoms with Crippen LogP contribution in [0, 0.1) is 35.5 Å². The van der Waals surface area contributed by atoms with E-state index in [4.69, 9.17) is 0 Å². The molecule has 6 heteroatoms. The average molecular weight is 663 g/mol. The van der Waals surface area contributed by atoms with Crippen LogP contribution in [0.1, 0.15) is 127 Å². The summed E-state index contributed by atoms with van der Waals surface area (Å²) >= 11 is 0. The van der Waals surface area contributed by atoms with Crippen molar-refractivity contribution in [3.8, 4) is 0 Å². The van der Waals surface area contributed by atoms with Gasteiger partial charge < -0.3 is 21.3 Å². The van der Waals surface area contributed by atoms with E-state index in [1.165, 1.54) is 24.6 Å². The van der Waals surface area contributed by atoms with Gasteiger partial charge in [0.15, 0.2) is 0 Å². The van der Waals surface area contributed by atoms with Gasteiger partial charge in [-0.3, -0.25) is 0 Å². The van der Waals surface area contributed by atoms with E-state index < -0.39 is 0 Å². The summed E-state index contributed by atoms with van der Waals surface area (Å²) in [7, 11) is 3.40. The predicted molar refractivity (Wildman–Crippen MR) is 198 cm³/mol. The summed E-state index contributed by atoms with van der Waals surface area (Å²) < 4.78 is 0. The number of rotatable bonds is 7. The molecule has 2 aliphatic heterocycles. The Morgan fingerprint density at radius 2 is 1.04 bits per heavy atom. The first-order chi connectivity index (χ1) is 22.1. The van der Waals surface area contributed by atoms with E-state index >= 15 is 0 Å². The molecule has 0 spiro atoms. The van der Waals surface area contributed by atoms with Crippen molar-refractivity contribution in [1.82, 2.24) is 21.3 Å². The van der Waals surface area contributed by atoms with Gasteiger partial charge in [-0.1, -0.05) is 46.9 Å². The average Bonchev–Trinajstić information content (AvgIpc) is 3.02. The van der Waals surface area contributed by atoms with E-state index in [1.54, 1.807) is 88.2 Å². The predicted octanol–water partition coefficient (Wildman–Crippen LogP) is 7.79. The van der Waals surface area contributed by atoms with E-state index in [2.05, 4.69) is 69.5 Å².